The van der Waals surface area contributed by atoms with E-state index in [1.54, 1.807) is 11.0 Å². The van der Waals surface area contributed by atoms with E-state index in [9.17, 15) is 14.0 Å². The first-order chi connectivity index (χ1) is 17.2. The molecule has 0 spiro atoms. The first kappa shape index (κ1) is 25.5. The van der Waals surface area contributed by atoms with Crippen LogP contribution in [-0.4, -0.2) is 64.6 Å². The molecule has 1 aliphatic rings. The van der Waals surface area contributed by atoms with Gasteiger partial charge in [0.2, 0.25) is 5.91 Å². The van der Waals surface area contributed by atoms with Crippen molar-refractivity contribution < 1.29 is 23.5 Å². The van der Waals surface area contributed by atoms with E-state index in [0.717, 1.165) is 0 Å². The number of benzene rings is 2. The first-order valence-corrected chi connectivity index (χ1v) is 11.6. The molecule has 36 heavy (non-hydrogen) atoms. The molecule has 1 atom stereocenters. The van der Waals surface area contributed by atoms with Crippen LogP contribution in [0.4, 0.5) is 20.7 Å². The summed E-state index contributed by atoms with van der Waals surface area (Å²) in [6.07, 6.45) is 1.95. The molecule has 0 bridgehead atoms. The van der Waals surface area contributed by atoms with Crippen LogP contribution in [0.3, 0.4) is 0 Å². The smallest absolute Gasteiger partial charge is 0.415 e. The van der Waals surface area contributed by atoms with Crippen molar-refractivity contribution in [2.75, 3.05) is 32.1 Å². The summed E-state index contributed by atoms with van der Waals surface area (Å²) in [5, 5.41) is 3.19. The third-order valence-electron chi connectivity index (χ3n) is 5.75. The lowest BCUT2D eigenvalue weighted by molar-refractivity contribution is -0.128. The van der Waals surface area contributed by atoms with E-state index in [4.69, 9.17) is 32.7 Å². The van der Waals surface area contributed by atoms with Crippen molar-refractivity contribution in [2.45, 2.75) is 13.0 Å². The summed E-state index contributed by atoms with van der Waals surface area (Å²) in [5.74, 6) is -0.278. The van der Waals surface area contributed by atoms with Gasteiger partial charge in [-0.1, -0.05) is 29.8 Å². The fourth-order valence-corrected chi connectivity index (χ4v) is 4.17. The Morgan fingerprint density at radius 3 is 2.69 bits per heavy atom. The van der Waals surface area contributed by atoms with E-state index in [1.807, 2.05) is 6.92 Å². The molecule has 9 nitrogen and oxygen atoms in total. The van der Waals surface area contributed by atoms with Gasteiger partial charge in [-0.15, -0.1) is 0 Å². The fraction of sp³-hybridized carbons (Fsp3) is 0.250. The van der Waals surface area contributed by atoms with Crippen molar-refractivity contribution in [3.63, 3.8) is 0 Å². The molecule has 0 aliphatic carbocycles. The third-order valence-corrected chi connectivity index (χ3v) is 6.54. The molecular weight excluding hydrogens is 512 g/mol. The van der Waals surface area contributed by atoms with Gasteiger partial charge in [0.1, 0.15) is 12.1 Å². The number of nitrogens with one attached hydrogen (secondary N) is 1. The summed E-state index contributed by atoms with van der Waals surface area (Å²) >= 11 is 11.8. The highest BCUT2D eigenvalue weighted by Crippen LogP contribution is 2.37. The Labute approximate surface area is 216 Å². The number of piperazine rings is 1. The number of ether oxygens (including phenoxy) is 2. The fourth-order valence-electron chi connectivity index (χ4n) is 3.86. The second-order valence-electron chi connectivity index (χ2n) is 7.99. The van der Waals surface area contributed by atoms with Crippen molar-refractivity contribution in [2.24, 2.45) is 0 Å². The number of carbonyl (C=O) groups excluding carboxylic acids is 2. The monoisotopic (exact) mass is 533 g/mol. The lowest BCUT2D eigenvalue weighted by Gasteiger charge is -2.38. The minimum Gasteiger partial charge on any atom is -0.493 e. The number of aromatic nitrogens is 2. The van der Waals surface area contributed by atoms with Gasteiger partial charge >= 0.3 is 6.09 Å². The van der Waals surface area contributed by atoms with Gasteiger partial charge in [-0.25, -0.2) is 19.2 Å². The predicted octanol–water partition coefficient (Wildman–Crippen LogP) is 5.05. The number of amides is 2. The predicted molar refractivity (Wildman–Crippen MR) is 135 cm³/mol. The molecule has 4 rings (SSSR count). The maximum absolute atomic E-state index is 14.6. The third kappa shape index (κ3) is 5.00. The Kier molecular flexibility index (Phi) is 7.46. The van der Waals surface area contributed by atoms with Gasteiger partial charge in [-0.05, 0) is 31.2 Å². The number of carbonyl (C=O) groups is 2. The molecule has 2 heterocycles. The Bertz CT molecular complexity index is 1360. The standard InChI is InChI=1S/C24H22Cl2FN5O4/c1-4-20(33)31-7-8-32(13(2)11-31)24(34)36-19-9-14-17(10-18(19)35-3)28-12-29-23(14)30-16-6-5-15(25)21(26)22(16)27/h4-6,9-10,12-13H,1,7-8,11H2,2-3H3,(H,28,29,30)/t13-/m1/s1. The average molecular weight is 534 g/mol. The summed E-state index contributed by atoms with van der Waals surface area (Å²) in [6.45, 7) is 6.33. The van der Waals surface area contributed by atoms with Crippen LogP contribution in [-0.2, 0) is 4.79 Å². The molecule has 0 saturated carbocycles. The summed E-state index contributed by atoms with van der Waals surface area (Å²) in [6, 6.07) is 5.73. The van der Waals surface area contributed by atoms with E-state index in [1.165, 1.54) is 42.6 Å². The van der Waals surface area contributed by atoms with Crippen molar-refractivity contribution in [3.05, 3.63) is 59.1 Å². The normalized spacial score (nSPS) is 15.5. The van der Waals surface area contributed by atoms with E-state index >= 15 is 0 Å². The van der Waals surface area contributed by atoms with E-state index in [-0.39, 0.29) is 45.0 Å². The molecule has 1 saturated heterocycles. The lowest BCUT2D eigenvalue weighted by Crippen LogP contribution is -2.55. The number of anilines is 2. The molecule has 12 heteroatoms. The number of fused-ring (bicyclic) bond motifs is 1. The van der Waals surface area contributed by atoms with Crippen molar-refractivity contribution >= 4 is 57.6 Å². The molecule has 1 fully saturated rings. The summed E-state index contributed by atoms with van der Waals surface area (Å²) in [5.41, 5.74) is 0.522. The van der Waals surface area contributed by atoms with Gasteiger partial charge in [0.25, 0.3) is 0 Å². The number of nitrogens with zero attached hydrogens (tertiary/aromatic N) is 4. The van der Waals surface area contributed by atoms with Gasteiger partial charge in [0.15, 0.2) is 17.3 Å². The molecule has 2 aromatic carbocycles. The van der Waals surface area contributed by atoms with Crippen molar-refractivity contribution in [1.29, 1.82) is 0 Å². The highest BCUT2D eigenvalue weighted by atomic mass is 35.5. The molecule has 0 unspecified atom stereocenters. The molecular formula is C24H22Cl2FN5O4. The highest BCUT2D eigenvalue weighted by Gasteiger charge is 2.31. The maximum atomic E-state index is 14.6. The number of halogens is 3. The average Bonchev–Trinajstić information content (AvgIpc) is 2.88. The molecule has 188 valence electrons. The second kappa shape index (κ2) is 10.5. The zero-order chi connectivity index (χ0) is 26.0. The zero-order valence-electron chi connectivity index (χ0n) is 19.4. The molecule has 0 radical (unpaired) electrons. The molecule has 1 aliphatic heterocycles. The number of hydrogen-bond donors (Lipinski definition) is 1. The number of rotatable bonds is 5. The van der Waals surface area contributed by atoms with Gasteiger partial charge in [-0.3, -0.25) is 4.79 Å². The quantitative estimate of drug-likeness (QED) is 0.362. The second-order valence-corrected chi connectivity index (χ2v) is 8.77. The summed E-state index contributed by atoms with van der Waals surface area (Å²) in [4.78, 5) is 36.5. The van der Waals surface area contributed by atoms with Crippen LogP contribution in [0.5, 0.6) is 11.5 Å². The van der Waals surface area contributed by atoms with Crippen LogP contribution < -0.4 is 14.8 Å². The van der Waals surface area contributed by atoms with Gasteiger partial charge in [0.05, 0.1) is 28.4 Å². The minimum atomic E-state index is -0.737. The highest BCUT2D eigenvalue weighted by molar-refractivity contribution is 6.42. The maximum Gasteiger partial charge on any atom is 0.415 e. The van der Waals surface area contributed by atoms with Crippen LogP contribution in [0.2, 0.25) is 10.0 Å². The number of hydrogen-bond acceptors (Lipinski definition) is 7. The van der Waals surface area contributed by atoms with Crippen LogP contribution in [0, 0.1) is 5.82 Å². The summed E-state index contributed by atoms with van der Waals surface area (Å²) in [7, 11) is 1.44. The topological polar surface area (TPSA) is 96.9 Å². The van der Waals surface area contributed by atoms with E-state index in [0.29, 0.717) is 30.5 Å². The zero-order valence-corrected chi connectivity index (χ0v) is 20.9. The van der Waals surface area contributed by atoms with Crippen molar-refractivity contribution in [3.8, 4) is 11.5 Å². The largest absolute Gasteiger partial charge is 0.493 e. The Morgan fingerprint density at radius 2 is 2.00 bits per heavy atom. The Balaban J connectivity index is 1.62. The lowest BCUT2D eigenvalue weighted by atomic mass is 10.2. The van der Waals surface area contributed by atoms with Crippen LogP contribution in [0.25, 0.3) is 10.9 Å². The number of methoxy groups -OCH3 is 1. The Hall–Kier alpha value is -3.63. The van der Waals surface area contributed by atoms with Gasteiger partial charge in [-0.2, -0.15) is 0 Å². The first-order valence-electron chi connectivity index (χ1n) is 10.9. The van der Waals surface area contributed by atoms with Crippen LogP contribution in [0.15, 0.2) is 43.2 Å². The summed E-state index contributed by atoms with van der Waals surface area (Å²) < 4.78 is 25.7. The molecule has 2 amide bonds. The molecule has 1 aromatic heterocycles. The molecule has 3 aromatic rings. The Morgan fingerprint density at radius 1 is 1.22 bits per heavy atom. The van der Waals surface area contributed by atoms with E-state index < -0.39 is 11.9 Å². The van der Waals surface area contributed by atoms with Gasteiger partial charge in [0, 0.05) is 37.1 Å². The van der Waals surface area contributed by atoms with E-state index in [2.05, 4.69) is 21.9 Å². The van der Waals surface area contributed by atoms with Crippen molar-refractivity contribution in [1.82, 2.24) is 19.8 Å². The SMILES string of the molecule is C=CC(=O)N1CCN(C(=O)Oc2cc3c(Nc4ccc(Cl)c(Cl)c4F)ncnc3cc2OC)[C@H](C)C1. The van der Waals surface area contributed by atoms with Crippen LogP contribution >= 0.6 is 23.2 Å². The van der Waals surface area contributed by atoms with Crippen LogP contribution in [0.1, 0.15) is 6.92 Å². The minimum absolute atomic E-state index is 0.0551. The molecule has 1 N–H and O–H groups in total. The van der Waals surface area contributed by atoms with Gasteiger partial charge < -0.3 is 24.6 Å².